The maximum absolute atomic E-state index is 13.3. The van der Waals surface area contributed by atoms with E-state index < -0.39 is 0 Å². The first-order valence-electron chi connectivity index (χ1n) is 15.1. The van der Waals surface area contributed by atoms with Gasteiger partial charge in [0, 0.05) is 28.6 Å². The first kappa shape index (κ1) is 26.2. The van der Waals surface area contributed by atoms with Gasteiger partial charge in [-0.15, -0.1) is 0 Å². The van der Waals surface area contributed by atoms with E-state index in [1.165, 1.54) is 12.8 Å². The summed E-state index contributed by atoms with van der Waals surface area (Å²) in [7, 11) is 0. The average molecular weight is 551 g/mol. The zero-order valence-electron chi connectivity index (χ0n) is 23.6. The van der Waals surface area contributed by atoms with Crippen molar-refractivity contribution in [3.63, 3.8) is 0 Å². The average Bonchev–Trinajstić information content (AvgIpc) is 3.50. The van der Waals surface area contributed by atoms with Gasteiger partial charge >= 0.3 is 0 Å². The van der Waals surface area contributed by atoms with Gasteiger partial charge in [-0.1, -0.05) is 43.7 Å². The summed E-state index contributed by atoms with van der Waals surface area (Å²) in [5, 5.41) is 11.9. The summed E-state index contributed by atoms with van der Waals surface area (Å²) in [6, 6.07) is 26.0. The van der Waals surface area contributed by atoms with E-state index in [0.29, 0.717) is 23.7 Å². The molecule has 0 spiro atoms. The van der Waals surface area contributed by atoms with Crippen molar-refractivity contribution in [1.82, 2.24) is 20.4 Å². The molecule has 4 aromatic rings. The minimum Gasteiger partial charge on any atom is -0.490 e. The molecule has 212 valence electrons. The largest absolute Gasteiger partial charge is 0.490 e. The van der Waals surface area contributed by atoms with E-state index >= 15 is 0 Å². The van der Waals surface area contributed by atoms with Gasteiger partial charge in [0.15, 0.2) is 0 Å². The number of carbonyl (C=O) groups is 1. The van der Waals surface area contributed by atoms with Gasteiger partial charge in [0.25, 0.3) is 5.91 Å². The summed E-state index contributed by atoms with van der Waals surface area (Å²) >= 11 is 0. The molecule has 3 aliphatic rings. The highest BCUT2D eigenvalue weighted by molar-refractivity contribution is 6.01. The van der Waals surface area contributed by atoms with E-state index in [4.69, 9.17) is 9.47 Å². The number of nitrogens with zero attached hydrogens (tertiary/aromatic N) is 2. The molecule has 3 saturated heterocycles. The molecule has 7 heteroatoms. The summed E-state index contributed by atoms with van der Waals surface area (Å²) < 4.78 is 11.9. The second kappa shape index (κ2) is 11.3. The van der Waals surface area contributed by atoms with Gasteiger partial charge in [0.1, 0.15) is 11.9 Å². The zero-order valence-corrected chi connectivity index (χ0v) is 23.6. The standard InChI is InChI=1S/C34H38N4O3/c1-2-6-31(22-7-4-3-5-8-22)35-34(39)24-11-16-32-30(17-24)33(37-36-32)23-9-14-28(15-10-23)41-29-18-25-12-13-26(19-29)38(25)27-20-40-21-27/h3-5,7-11,14-17,25-27,29,31H,2,6,12-13,18-21H2,1H3,(H,35,39)(H,36,37)/t25-,26+,29?,31-/m0/s1. The second-order valence-corrected chi connectivity index (χ2v) is 11.8. The molecular formula is C34H38N4O3. The number of hydrogen-bond donors (Lipinski definition) is 2. The summed E-state index contributed by atoms with van der Waals surface area (Å²) in [6.07, 6.45) is 6.87. The van der Waals surface area contributed by atoms with Crippen molar-refractivity contribution in [1.29, 1.82) is 0 Å². The number of rotatable bonds is 9. The van der Waals surface area contributed by atoms with Crippen molar-refractivity contribution in [3.05, 3.63) is 83.9 Å². The minimum atomic E-state index is -0.0741. The van der Waals surface area contributed by atoms with Crippen LogP contribution < -0.4 is 10.1 Å². The number of benzene rings is 3. The predicted octanol–water partition coefficient (Wildman–Crippen LogP) is 6.27. The van der Waals surface area contributed by atoms with Crippen LogP contribution in [0.3, 0.4) is 0 Å². The molecule has 7 nitrogen and oxygen atoms in total. The van der Waals surface area contributed by atoms with Crippen molar-refractivity contribution < 1.29 is 14.3 Å². The van der Waals surface area contributed by atoms with Gasteiger partial charge in [-0.05, 0) is 80.1 Å². The van der Waals surface area contributed by atoms with Crippen molar-refractivity contribution in [2.45, 2.75) is 75.7 Å². The summed E-state index contributed by atoms with van der Waals surface area (Å²) in [6.45, 7) is 3.92. The summed E-state index contributed by atoms with van der Waals surface area (Å²) in [4.78, 5) is 16.0. The SMILES string of the molecule is CCC[C@H](NC(=O)c1ccc2[nH]nc(-c3ccc(OC4C[C@H]5CC[C@@H](C4)N5C4COC4)cc3)c2c1)c1ccccc1. The van der Waals surface area contributed by atoms with Gasteiger partial charge in [-0.3, -0.25) is 14.8 Å². The van der Waals surface area contributed by atoms with Gasteiger partial charge in [-0.2, -0.15) is 5.10 Å². The molecule has 2 bridgehead atoms. The Morgan fingerprint density at radius 2 is 1.78 bits per heavy atom. The Labute approximate surface area is 241 Å². The van der Waals surface area contributed by atoms with Crippen LogP contribution in [-0.4, -0.2) is 58.4 Å². The smallest absolute Gasteiger partial charge is 0.251 e. The van der Waals surface area contributed by atoms with Gasteiger partial charge in [0.2, 0.25) is 0 Å². The summed E-state index contributed by atoms with van der Waals surface area (Å²) in [5.41, 5.74) is 4.49. The third kappa shape index (κ3) is 5.24. The fraction of sp³-hybridized carbons (Fsp3) is 0.412. The number of piperidine rings is 1. The van der Waals surface area contributed by atoms with Crippen LogP contribution in [0.2, 0.25) is 0 Å². The first-order chi connectivity index (χ1) is 20.2. The van der Waals surface area contributed by atoms with E-state index in [0.717, 1.165) is 72.4 Å². The lowest BCUT2D eigenvalue weighted by atomic mass is 9.96. The first-order valence-corrected chi connectivity index (χ1v) is 15.1. The van der Waals surface area contributed by atoms with E-state index in [-0.39, 0.29) is 18.1 Å². The van der Waals surface area contributed by atoms with Gasteiger partial charge in [0.05, 0.1) is 36.5 Å². The van der Waals surface area contributed by atoms with E-state index in [9.17, 15) is 4.79 Å². The zero-order chi connectivity index (χ0) is 27.8. The predicted molar refractivity (Wildman–Crippen MR) is 160 cm³/mol. The second-order valence-electron chi connectivity index (χ2n) is 11.8. The van der Waals surface area contributed by atoms with Crippen molar-refractivity contribution in [2.24, 2.45) is 0 Å². The maximum Gasteiger partial charge on any atom is 0.251 e. The molecule has 2 N–H and O–H groups in total. The molecule has 7 rings (SSSR count). The van der Waals surface area contributed by atoms with E-state index in [1.807, 2.05) is 36.4 Å². The Bertz CT molecular complexity index is 1480. The molecule has 3 fully saturated rings. The number of amides is 1. The number of nitrogens with one attached hydrogen (secondary N) is 2. The van der Waals surface area contributed by atoms with Crippen LogP contribution in [0.25, 0.3) is 22.2 Å². The molecule has 3 aromatic carbocycles. The van der Waals surface area contributed by atoms with Crippen LogP contribution in [0.5, 0.6) is 5.75 Å². The lowest BCUT2D eigenvalue weighted by Crippen LogP contribution is -2.57. The Morgan fingerprint density at radius 3 is 2.46 bits per heavy atom. The Kier molecular flexibility index (Phi) is 7.23. The quantitative estimate of drug-likeness (QED) is 0.257. The highest BCUT2D eigenvalue weighted by Crippen LogP contribution is 2.40. The highest BCUT2D eigenvalue weighted by atomic mass is 16.5. The molecule has 4 atom stereocenters. The monoisotopic (exact) mass is 550 g/mol. The van der Waals surface area contributed by atoms with Crippen LogP contribution >= 0.6 is 0 Å². The van der Waals surface area contributed by atoms with Crippen LogP contribution in [0.1, 0.15) is 67.4 Å². The molecule has 0 aliphatic carbocycles. The molecule has 41 heavy (non-hydrogen) atoms. The van der Waals surface area contributed by atoms with Crippen LogP contribution in [-0.2, 0) is 4.74 Å². The number of carbonyl (C=O) groups excluding carboxylic acids is 1. The van der Waals surface area contributed by atoms with Crippen LogP contribution in [0.15, 0.2) is 72.8 Å². The third-order valence-electron chi connectivity index (χ3n) is 9.13. The van der Waals surface area contributed by atoms with E-state index in [2.05, 4.69) is 63.7 Å². The maximum atomic E-state index is 13.3. The molecule has 1 unspecified atom stereocenters. The highest BCUT2D eigenvalue weighted by Gasteiger charge is 2.46. The van der Waals surface area contributed by atoms with Crippen molar-refractivity contribution in [3.8, 4) is 17.0 Å². The molecule has 4 heterocycles. The molecule has 0 radical (unpaired) electrons. The fourth-order valence-electron chi connectivity index (χ4n) is 7.05. The number of fused-ring (bicyclic) bond motifs is 3. The van der Waals surface area contributed by atoms with Crippen LogP contribution in [0, 0.1) is 0 Å². The number of H-pyrrole nitrogens is 1. The van der Waals surface area contributed by atoms with Gasteiger partial charge in [-0.25, -0.2) is 0 Å². The summed E-state index contributed by atoms with van der Waals surface area (Å²) in [5.74, 6) is 0.830. The van der Waals surface area contributed by atoms with Crippen molar-refractivity contribution >= 4 is 16.8 Å². The Balaban J connectivity index is 1.05. The normalized spacial score (nSPS) is 23.3. The third-order valence-corrected chi connectivity index (χ3v) is 9.13. The molecule has 1 aromatic heterocycles. The van der Waals surface area contributed by atoms with Gasteiger partial charge < -0.3 is 14.8 Å². The molecule has 0 saturated carbocycles. The minimum absolute atomic E-state index is 0.0181. The number of ether oxygens (including phenoxy) is 2. The number of hydrogen-bond acceptors (Lipinski definition) is 5. The Hall–Kier alpha value is -3.68. The molecular weight excluding hydrogens is 512 g/mol. The lowest BCUT2D eigenvalue weighted by molar-refractivity contribution is -0.102. The molecule has 1 amide bonds. The topological polar surface area (TPSA) is 79.5 Å². The van der Waals surface area contributed by atoms with E-state index in [1.54, 1.807) is 0 Å². The molecule has 3 aliphatic heterocycles. The lowest BCUT2D eigenvalue weighted by Gasteiger charge is -2.46. The van der Waals surface area contributed by atoms with Crippen LogP contribution in [0.4, 0.5) is 0 Å². The number of aromatic nitrogens is 2. The van der Waals surface area contributed by atoms with Crippen molar-refractivity contribution in [2.75, 3.05) is 13.2 Å². The fourth-order valence-corrected chi connectivity index (χ4v) is 7.05. The Morgan fingerprint density at radius 1 is 1.02 bits per heavy atom. The number of aromatic amines is 1.